The standard InChI is InChI=1S/C16H18F4N4S2.HI/c1-2-21-15(22-7-8-25-12-5-3-11(17)4-6-12)23-9-14-24-13(10-26-14)16(18,19)20;/h3-6,10H,2,7-9H2,1H3,(H2,21,22,23);1H. The lowest BCUT2D eigenvalue weighted by atomic mass is 10.4. The minimum atomic E-state index is -4.43. The van der Waals surface area contributed by atoms with Crippen LogP contribution >= 0.6 is 47.1 Å². The average Bonchev–Trinajstić information content (AvgIpc) is 3.07. The fourth-order valence-corrected chi connectivity index (χ4v) is 3.36. The summed E-state index contributed by atoms with van der Waals surface area (Å²) in [6, 6.07) is 6.23. The molecule has 150 valence electrons. The molecule has 0 spiro atoms. The van der Waals surface area contributed by atoms with Gasteiger partial charge in [-0.05, 0) is 31.2 Å². The van der Waals surface area contributed by atoms with E-state index in [1.165, 1.54) is 12.1 Å². The molecule has 0 aliphatic carbocycles. The first-order valence-electron chi connectivity index (χ1n) is 7.80. The predicted octanol–water partition coefficient (Wildman–Crippen LogP) is 4.77. The van der Waals surface area contributed by atoms with E-state index in [0.29, 0.717) is 24.1 Å². The van der Waals surface area contributed by atoms with Gasteiger partial charge in [0.1, 0.15) is 10.8 Å². The highest BCUT2D eigenvalue weighted by atomic mass is 127. The number of hydrogen-bond acceptors (Lipinski definition) is 4. The van der Waals surface area contributed by atoms with Crippen molar-refractivity contribution >= 4 is 53.0 Å². The van der Waals surface area contributed by atoms with E-state index in [9.17, 15) is 17.6 Å². The monoisotopic (exact) mass is 534 g/mol. The predicted molar refractivity (Wildman–Crippen MR) is 112 cm³/mol. The molecule has 0 bridgehead atoms. The SMILES string of the molecule is CCNC(=NCc1nc(C(F)(F)F)cs1)NCCSc1ccc(F)cc1.I. The van der Waals surface area contributed by atoms with Gasteiger partial charge in [-0.3, -0.25) is 0 Å². The second kappa shape index (κ2) is 11.7. The molecule has 0 saturated heterocycles. The Morgan fingerprint density at radius 3 is 2.52 bits per heavy atom. The van der Waals surface area contributed by atoms with Crippen molar-refractivity contribution in [3.05, 3.63) is 46.2 Å². The van der Waals surface area contributed by atoms with Crippen LogP contribution in [0.1, 0.15) is 17.6 Å². The number of rotatable bonds is 7. The Hall–Kier alpha value is -1.08. The van der Waals surface area contributed by atoms with Crippen molar-refractivity contribution in [3.63, 3.8) is 0 Å². The van der Waals surface area contributed by atoms with Gasteiger partial charge in [0, 0.05) is 29.1 Å². The molecule has 11 heteroatoms. The number of thioether (sulfide) groups is 1. The molecule has 0 aliphatic heterocycles. The van der Waals surface area contributed by atoms with E-state index >= 15 is 0 Å². The molecule has 0 amide bonds. The summed E-state index contributed by atoms with van der Waals surface area (Å²) >= 11 is 2.50. The largest absolute Gasteiger partial charge is 0.434 e. The zero-order valence-corrected chi connectivity index (χ0v) is 18.3. The Morgan fingerprint density at radius 2 is 1.93 bits per heavy atom. The van der Waals surface area contributed by atoms with Crippen LogP contribution in [-0.4, -0.2) is 29.8 Å². The second-order valence-corrected chi connectivity index (χ2v) is 7.16. The van der Waals surface area contributed by atoms with E-state index < -0.39 is 11.9 Å². The first-order valence-corrected chi connectivity index (χ1v) is 9.67. The lowest BCUT2D eigenvalue weighted by molar-refractivity contribution is -0.140. The van der Waals surface area contributed by atoms with Crippen molar-refractivity contribution in [2.45, 2.75) is 24.5 Å². The number of nitrogens with zero attached hydrogens (tertiary/aromatic N) is 2. The molecule has 0 fully saturated rings. The molecule has 0 unspecified atom stereocenters. The summed E-state index contributed by atoms with van der Waals surface area (Å²) in [4.78, 5) is 8.76. The van der Waals surface area contributed by atoms with Crippen LogP contribution in [0.4, 0.5) is 17.6 Å². The van der Waals surface area contributed by atoms with E-state index in [4.69, 9.17) is 0 Å². The Bertz CT molecular complexity index is 720. The van der Waals surface area contributed by atoms with Gasteiger partial charge < -0.3 is 10.6 Å². The van der Waals surface area contributed by atoms with Gasteiger partial charge in [0.2, 0.25) is 0 Å². The summed E-state index contributed by atoms with van der Waals surface area (Å²) in [5.74, 6) is 0.965. The molecule has 2 rings (SSSR count). The molecular formula is C16H19F4IN4S2. The Morgan fingerprint density at radius 1 is 1.22 bits per heavy atom. The van der Waals surface area contributed by atoms with Gasteiger partial charge in [-0.15, -0.1) is 47.1 Å². The van der Waals surface area contributed by atoms with Crippen molar-refractivity contribution in [1.29, 1.82) is 0 Å². The summed E-state index contributed by atoms with van der Waals surface area (Å²) < 4.78 is 50.5. The lowest BCUT2D eigenvalue weighted by Crippen LogP contribution is -2.38. The molecule has 0 saturated carbocycles. The van der Waals surface area contributed by atoms with E-state index in [-0.39, 0.29) is 36.3 Å². The molecule has 1 heterocycles. The van der Waals surface area contributed by atoms with Crippen LogP contribution in [0.3, 0.4) is 0 Å². The summed E-state index contributed by atoms with van der Waals surface area (Å²) in [5.41, 5.74) is -0.888. The van der Waals surface area contributed by atoms with Crippen LogP contribution in [-0.2, 0) is 12.7 Å². The summed E-state index contributed by atoms with van der Waals surface area (Å²) in [5, 5.41) is 7.43. The number of nitrogens with one attached hydrogen (secondary N) is 2. The molecule has 0 atom stereocenters. The van der Waals surface area contributed by atoms with Gasteiger partial charge in [0.25, 0.3) is 0 Å². The van der Waals surface area contributed by atoms with Gasteiger partial charge in [0.05, 0.1) is 6.54 Å². The highest BCUT2D eigenvalue weighted by molar-refractivity contribution is 14.0. The van der Waals surface area contributed by atoms with Crippen LogP contribution < -0.4 is 10.6 Å². The van der Waals surface area contributed by atoms with Gasteiger partial charge in [-0.1, -0.05) is 0 Å². The third-order valence-electron chi connectivity index (χ3n) is 3.04. The number of benzene rings is 1. The number of hydrogen-bond donors (Lipinski definition) is 2. The van der Waals surface area contributed by atoms with Crippen molar-refractivity contribution in [1.82, 2.24) is 15.6 Å². The molecule has 27 heavy (non-hydrogen) atoms. The molecule has 4 nitrogen and oxygen atoms in total. The lowest BCUT2D eigenvalue weighted by Gasteiger charge is -2.10. The normalized spacial score (nSPS) is 11.8. The zero-order chi connectivity index (χ0) is 19.0. The fraction of sp³-hybridized carbons (Fsp3) is 0.375. The number of alkyl halides is 3. The molecule has 2 aromatic rings. The highest BCUT2D eigenvalue weighted by Gasteiger charge is 2.33. The summed E-state index contributed by atoms with van der Waals surface area (Å²) in [7, 11) is 0. The number of aromatic nitrogens is 1. The van der Waals surface area contributed by atoms with Crippen LogP contribution in [0.2, 0.25) is 0 Å². The topological polar surface area (TPSA) is 49.3 Å². The van der Waals surface area contributed by atoms with E-state index in [1.54, 1.807) is 23.9 Å². The van der Waals surface area contributed by atoms with E-state index in [0.717, 1.165) is 27.4 Å². The van der Waals surface area contributed by atoms with Gasteiger partial charge in [0.15, 0.2) is 11.7 Å². The second-order valence-electron chi connectivity index (χ2n) is 5.05. The first-order chi connectivity index (χ1) is 12.4. The van der Waals surface area contributed by atoms with Crippen LogP contribution in [0.5, 0.6) is 0 Å². The third-order valence-corrected chi connectivity index (χ3v) is 4.88. The molecule has 1 aromatic heterocycles. The molecule has 1 aromatic carbocycles. The van der Waals surface area contributed by atoms with Crippen LogP contribution in [0.25, 0.3) is 0 Å². The molecule has 0 radical (unpaired) electrons. The Balaban J connectivity index is 0.00000364. The molecule has 0 aliphatic rings. The van der Waals surface area contributed by atoms with Gasteiger partial charge in [-0.25, -0.2) is 14.4 Å². The number of thiazole rings is 1. The molecule has 2 N–H and O–H groups in total. The van der Waals surface area contributed by atoms with Gasteiger partial charge >= 0.3 is 6.18 Å². The van der Waals surface area contributed by atoms with Crippen molar-refractivity contribution in [2.75, 3.05) is 18.8 Å². The fourth-order valence-electron chi connectivity index (χ4n) is 1.87. The summed E-state index contributed by atoms with van der Waals surface area (Å²) in [6.45, 7) is 3.19. The number of guanidine groups is 1. The van der Waals surface area contributed by atoms with E-state index in [1.807, 2.05) is 6.92 Å². The van der Waals surface area contributed by atoms with Crippen LogP contribution in [0.15, 0.2) is 39.5 Å². The average molecular weight is 534 g/mol. The Labute approximate surface area is 180 Å². The number of halogens is 5. The maximum absolute atomic E-state index is 12.8. The minimum absolute atomic E-state index is 0. The number of aliphatic imine (C=N–C) groups is 1. The zero-order valence-electron chi connectivity index (χ0n) is 14.3. The quantitative estimate of drug-likeness (QED) is 0.134. The Kier molecular flexibility index (Phi) is 10.4. The van der Waals surface area contributed by atoms with Crippen LogP contribution in [0, 0.1) is 5.82 Å². The van der Waals surface area contributed by atoms with Crippen molar-refractivity contribution < 1.29 is 17.6 Å². The minimum Gasteiger partial charge on any atom is -0.357 e. The first kappa shape index (κ1) is 24.0. The molecular weight excluding hydrogens is 515 g/mol. The maximum atomic E-state index is 12.8. The van der Waals surface area contributed by atoms with Gasteiger partial charge in [-0.2, -0.15) is 13.2 Å². The highest BCUT2D eigenvalue weighted by Crippen LogP contribution is 2.30. The van der Waals surface area contributed by atoms with E-state index in [2.05, 4.69) is 20.6 Å². The van der Waals surface area contributed by atoms with Crippen molar-refractivity contribution in [3.8, 4) is 0 Å². The van der Waals surface area contributed by atoms with Crippen molar-refractivity contribution in [2.24, 2.45) is 4.99 Å². The summed E-state index contributed by atoms with van der Waals surface area (Å²) in [6.07, 6.45) is -4.43. The maximum Gasteiger partial charge on any atom is 0.434 e. The smallest absolute Gasteiger partial charge is 0.357 e. The third kappa shape index (κ3) is 8.64.